The van der Waals surface area contributed by atoms with E-state index in [1.807, 2.05) is 36.5 Å². The van der Waals surface area contributed by atoms with Crippen LogP contribution in [0.25, 0.3) is 5.69 Å². The third-order valence-corrected chi connectivity index (χ3v) is 4.29. The van der Waals surface area contributed by atoms with Gasteiger partial charge in [0, 0.05) is 30.9 Å². The number of hydrogen-bond acceptors (Lipinski definition) is 4. The van der Waals surface area contributed by atoms with Gasteiger partial charge in [-0.2, -0.15) is 5.10 Å². The van der Waals surface area contributed by atoms with Gasteiger partial charge in [0.25, 0.3) is 5.91 Å². The highest BCUT2D eigenvalue weighted by molar-refractivity contribution is 6.04. The molecule has 0 fully saturated rings. The van der Waals surface area contributed by atoms with E-state index >= 15 is 0 Å². The summed E-state index contributed by atoms with van der Waals surface area (Å²) in [6, 6.07) is 15.7. The Bertz CT molecular complexity index is 968. The maximum absolute atomic E-state index is 13.3. The number of amides is 1. The van der Waals surface area contributed by atoms with Crippen LogP contribution >= 0.6 is 0 Å². The van der Waals surface area contributed by atoms with E-state index in [4.69, 9.17) is 4.84 Å². The van der Waals surface area contributed by atoms with Gasteiger partial charge in [-0.3, -0.25) is 4.79 Å². The first-order chi connectivity index (χ1) is 13.2. The summed E-state index contributed by atoms with van der Waals surface area (Å²) in [4.78, 5) is 17.5. The van der Waals surface area contributed by atoms with Crippen LogP contribution in [0.15, 0.2) is 72.1 Å². The summed E-state index contributed by atoms with van der Waals surface area (Å²) in [6.07, 6.45) is 3.19. The summed E-state index contributed by atoms with van der Waals surface area (Å²) >= 11 is 0. The van der Waals surface area contributed by atoms with Gasteiger partial charge in [-0.15, -0.1) is 0 Å². The number of nitrogens with zero attached hydrogens (tertiary/aromatic N) is 3. The molecule has 1 aromatic heterocycles. The SMILES string of the molecule is O=C(NCc1ccc(-n2cccn2)cc1)C1CC(c2cccc(F)c2)=NO1. The smallest absolute Gasteiger partial charge is 0.264 e. The van der Waals surface area contributed by atoms with Gasteiger partial charge in [0.15, 0.2) is 0 Å². The van der Waals surface area contributed by atoms with Crippen LogP contribution < -0.4 is 5.32 Å². The van der Waals surface area contributed by atoms with Crippen molar-refractivity contribution in [2.24, 2.45) is 5.16 Å². The van der Waals surface area contributed by atoms with Crippen molar-refractivity contribution in [3.63, 3.8) is 0 Å². The number of carbonyl (C=O) groups excluding carboxylic acids is 1. The van der Waals surface area contributed by atoms with Crippen molar-refractivity contribution >= 4 is 11.6 Å². The number of halogens is 1. The van der Waals surface area contributed by atoms with Crippen LogP contribution in [0.2, 0.25) is 0 Å². The van der Waals surface area contributed by atoms with Crippen molar-refractivity contribution in [2.75, 3.05) is 0 Å². The molecule has 1 N–H and O–H groups in total. The molecule has 4 rings (SSSR count). The molecule has 2 heterocycles. The van der Waals surface area contributed by atoms with Gasteiger partial charge in [-0.25, -0.2) is 9.07 Å². The standard InChI is InChI=1S/C20H17FN4O2/c21-16-4-1-3-15(11-16)18-12-19(27-24-18)20(26)22-13-14-5-7-17(8-6-14)25-10-2-9-23-25/h1-11,19H,12-13H2,(H,22,26). The van der Waals surface area contributed by atoms with E-state index in [1.165, 1.54) is 12.1 Å². The lowest BCUT2D eigenvalue weighted by molar-refractivity contribution is -0.131. The van der Waals surface area contributed by atoms with Crippen LogP contribution in [-0.2, 0) is 16.2 Å². The number of carbonyl (C=O) groups is 1. The zero-order chi connectivity index (χ0) is 18.6. The number of aromatic nitrogens is 2. The summed E-state index contributed by atoms with van der Waals surface area (Å²) in [5, 5.41) is 10.9. The first-order valence-electron chi connectivity index (χ1n) is 8.54. The van der Waals surface area contributed by atoms with Crippen LogP contribution in [-0.4, -0.2) is 27.5 Å². The molecule has 136 valence electrons. The van der Waals surface area contributed by atoms with Crippen molar-refractivity contribution in [2.45, 2.75) is 19.1 Å². The minimum atomic E-state index is -0.702. The maximum Gasteiger partial charge on any atom is 0.264 e. The Balaban J connectivity index is 1.31. The topological polar surface area (TPSA) is 68.5 Å². The van der Waals surface area contributed by atoms with Gasteiger partial charge < -0.3 is 10.2 Å². The zero-order valence-electron chi connectivity index (χ0n) is 14.4. The Hall–Kier alpha value is -3.48. The van der Waals surface area contributed by atoms with Crippen LogP contribution in [0.3, 0.4) is 0 Å². The fourth-order valence-electron chi connectivity index (χ4n) is 2.85. The summed E-state index contributed by atoms with van der Waals surface area (Å²) in [5.41, 5.74) is 3.10. The summed E-state index contributed by atoms with van der Waals surface area (Å²) < 4.78 is 15.1. The van der Waals surface area contributed by atoms with E-state index in [2.05, 4.69) is 15.6 Å². The number of benzene rings is 2. The van der Waals surface area contributed by atoms with Crippen molar-refractivity contribution in [3.8, 4) is 5.69 Å². The van der Waals surface area contributed by atoms with Gasteiger partial charge in [0.05, 0.1) is 11.4 Å². The Morgan fingerprint density at radius 3 is 2.81 bits per heavy atom. The minimum absolute atomic E-state index is 0.249. The average molecular weight is 364 g/mol. The monoisotopic (exact) mass is 364 g/mol. The molecule has 0 aliphatic carbocycles. The highest BCUT2D eigenvalue weighted by atomic mass is 19.1. The second-order valence-corrected chi connectivity index (χ2v) is 6.18. The fraction of sp³-hybridized carbons (Fsp3) is 0.150. The molecule has 1 atom stereocenters. The van der Waals surface area contributed by atoms with Crippen molar-refractivity contribution < 1.29 is 14.0 Å². The summed E-state index contributed by atoms with van der Waals surface area (Å²) in [5.74, 6) is -0.594. The average Bonchev–Trinajstić information content (AvgIpc) is 3.38. The molecular weight excluding hydrogens is 347 g/mol. The van der Waals surface area contributed by atoms with Crippen LogP contribution in [0.4, 0.5) is 4.39 Å². The molecule has 6 nitrogen and oxygen atoms in total. The van der Waals surface area contributed by atoms with E-state index in [0.29, 0.717) is 24.2 Å². The number of hydrogen-bond donors (Lipinski definition) is 1. The van der Waals surface area contributed by atoms with E-state index in [-0.39, 0.29) is 11.7 Å². The molecule has 2 aromatic carbocycles. The molecule has 1 amide bonds. The highest BCUT2D eigenvalue weighted by Gasteiger charge is 2.28. The Kier molecular flexibility index (Phi) is 4.65. The predicted octanol–water partition coefficient (Wildman–Crippen LogP) is 2.82. The fourth-order valence-corrected chi connectivity index (χ4v) is 2.85. The maximum atomic E-state index is 13.3. The lowest BCUT2D eigenvalue weighted by Gasteiger charge is -2.10. The largest absolute Gasteiger partial charge is 0.382 e. The van der Waals surface area contributed by atoms with Crippen molar-refractivity contribution in [1.82, 2.24) is 15.1 Å². The normalized spacial score (nSPS) is 15.9. The lowest BCUT2D eigenvalue weighted by Crippen LogP contribution is -2.34. The van der Waals surface area contributed by atoms with E-state index in [1.54, 1.807) is 23.0 Å². The second kappa shape index (κ2) is 7.41. The first kappa shape index (κ1) is 17.0. The van der Waals surface area contributed by atoms with Crippen molar-refractivity contribution in [3.05, 3.63) is 83.9 Å². The zero-order valence-corrected chi connectivity index (χ0v) is 14.4. The summed E-state index contributed by atoms with van der Waals surface area (Å²) in [6.45, 7) is 0.382. The summed E-state index contributed by atoms with van der Waals surface area (Å²) in [7, 11) is 0. The van der Waals surface area contributed by atoms with Gasteiger partial charge in [-0.05, 0) is 35.9 Å². The quantitative estimate of drug-likeness (QED) is 0.757. The van der Waals surface area contributed by atoms with Crippen LogP contribution in [0.1, 0.15) is 17.5 Å². The molecule has 0 bridgehead atoms. The molecule has 0 saturated heterocycles. The first-order valence-corrected chi connectivity index (χ1v) is 8.54. The van der Waals surface area contributed by atoms with E-state index < -0.39 is 6.10 Å². The molecule has 0 spiro atoms. The second-order valence-electron chi connectivity index (χ2n) is 6.18. The Labute approximate surface area is 155 Å². The van der Waals surface area contributed by atoms with Crippen LogP contribution in [0, 0.1) is 5.82 Å². The predicted molar refractivity (Wildman–Crippen MR) is 97.8 cm³/mol. The van der Waals surface area contributed by atoms with Crippen LogP contribution in [0.5, 0.6) is 0 Å². The lowest BCUT2D eigenvalue weighted by atomic mass is 10.0. The molecule has 0 saturated carbocycles. The van der Waals surface area contributed by atoms with E-state index in [0.717, 1.165) is 11.3 Å². The molecule has 27 heavy (non-hydrogen) atoms. The molecular formula is C20H17FN4O2. The highest BCUT2D eigenvalue weighted by Crippen LogP contribution is 2.18. The van der Waals surface area contributed by atoms with Gasteiger partial charge in [0.2, 0.25) is 6.10 Å². The Morgan fingerprint density at radius 2 is 2.07 bits per heavy atom. The number of rotatable bonds is 5. The molecule has 1 aliphatic rings. The van der Waals surface area contributed by atoms with Gasteiger partial charge >= 0.3 is 0 Å². The van der Waals surface area contributed by atoms with Gasteiger partial charge in [0.1, 0.15) is 5.82 Å². The van der Waals surface area contributed by atoms with E-state index in [9.17, 15) is 9.18 Å². The number of nitrogens with one attached hydrogen (secondary N) is 1. The van der Waals surface area contributed by atoms with Gasteiger partial charge in [-0.1, -0.05) is 29.4 Å². The van der Waals surface area contributed by atoms with Crippen molar-refractivity contribution in [1.29, 1.82) is 0 Å². The molecule has 3 aromatic rings. The molecule has 1 aliphatic heterocycles. The minimum Gasteiger partial charge on any atom is -0.382 e. The molecule has 7 heteroatoms. The molecule has 1 unspecified atom stereocenters. The third kappa shape index (κ3) is 3.87. The molecule has 0 radical (unpaired) electrons. The third-order valence-electron chi connectivity index (χ3n) is 4.29. The number of oxime groups is 1. The Morgan fingerprint density at radius 1 is 1.22 bits per heavy atom.